The quantitative estimate of drug-likeness (QED) is 0.135. The molecule has 2 aromatic heterocycles. The van der Waals surface area contributed by atoms with Gasteiger partial charge in [0.15, 0.2) is 0 Å². The van der Waals surface area contributed by atoms with Crippen molar-refractivity contribution < 1.29 is 0 Å². The van der Waals surface area contributed by atoms with Gasteiger partial charge in [-0.3, -0.25) is 0 Å². The normalized spacial score (nSPS) is 14.9. The first-order chi connectivity index (χ1) is 17.6. The van der Waals surface area contributed by atoms with Crippen LogP contribution >= 0.6 is 102 Å². The molecule has 0 amide bonds. The van der Waals surface area contributed by atoms with Crippen molar-refractivity contribution in [2.45, 2.75) is 90.9 Å². The first-order valence-electron chi connectivity index (χ1n) is 13.3. The molecule has 3 heterocycles. The van der Waals surface area contributed by atoms with Gasteiger partial charge < -0.3 is 0 Å². The molecular formula is C28H36Br2S6. The van der Waals surface area contributed by atoms with Gasteiger partial charge in [0.2, 0.25) is 0 Å². The Kier molecular flexibility index (Phi) is 13.3. The molecule has 0 aromatic carbocycles. The molecule has 2 aromatic rings. The minimum atomic E-state index is 1.23. The average Bonchev–Trinajstić information content (AvgIpc) is 3.59. The van der Waals surface area contributed by atoms with Crippen LogP contribution in [-0.4, -0.2) is 11.5 Å². The van der Waals surface area contributed by atoms with E-state index in [0.29, 0.717) is 0 Å². The van der Waals surface area contributed by atoms with Crippen LogP contribution in [0.5, 0.6) is 0 Å². The molecule has 0 saturated heterocycles. The van der Waals surface area contributed by atoms with Gasteiger partial charge in [-0.05, 0) is 68.3 Å². The summed E-state index contributed by atoms with van der Waals surface area (Å²) < 4.78 is 7.08. The van der Waals surface area contributed by atoms with E-state index in [0.717, 1.165) is 0 Å². The average molecular weight is 725 g/mol. The molecule has 0 unspecified atom stereocenters. The van der Waals surface area contributed by atoms with E-state index in [9.17, 15) is 0 Å². The predicted molar refractivity (Wildman–Crippen MR) is 183 cm³/mol. The molecule has 1 aliphatic heterocycles. The maximum atomic E-state index is 3.76. The maximum Gasteiger partial charge on any atom is 0.0711 e. The highest BCUT2D eigenvalue weighted by atomic mass is 79.9. The molecular weight excluding hydrogens is 689 g/mol. The summed E-state index contributed by atoms with van der Waals surface area (Å²) in [5.41, 5.74) is 4.32. The fraction of sp³-hybridized carbons (Fsp3) is 0.571. The van der Waals surface area contributed by atoms with Crippen LogP contribution in [-0.2, 0) is 0 Å². The Bertz CT molecular complexity index is 984. The van der Waals surface area contributed by atoms with Crippen LogP contribution < -0.4 is 0 Å². The molecule has 1 aliphatic carbocycles. The van der Waals surface area contributed by atoms with Gasteiger partial charge in [0.1, 0.15) is 0 Å². The first kappa shape index (κ1) is 30.2. The molecule has 0 nitrogen and oxygen atoms in total. The molecule has 0 saturated carbocycles. The third-order valence-corrected chi connectivity index (χ3v) is 15.5. The van der Waals surface area contributed by atoms with Gasteiger partial charge in [0.25, 0.3) is 0 Å². The summed E-state index contributed by atoms with van der Waals surface area (Å²) in [6, 6.07) is 4.68. The van der Waals surface area contributed by atoms with Gasteiger partial charge in [-0.1, -0.05) is 102 Å². The van der Waals surface area contributed by atoms with Crippen molar-refractivity contribution in [1.29, 1.82) is 0 Å². The zero-order valence-electron chi connectivity index (χ0n) is 21.3. The summed E-state index contributed by atoms with van der Waals surface area (Å²) in [6.45, 7) is 4.60. The highest BCUT2D eigenvalue weighted by molar-refractivity contribution is 9.11. The summed E-state index contributed by atoms with van der Waals surface area (Å²) in [5.74, 6) is 2.51. The largest absolute Gasteiger partial charge is 0.127 e. The van der Waals surface area contributed by atoms with E-state index in [1.54, 1.807) is 8.47 Å². The van der Waals surface area contributed by atoms with E-state index < -0.39 is 0 Å². The third kappa shape index (κ3) is 8.14. The van der Waals surface area contributed by atoms with Crippen LogP contribution in [0.15, 0.2) is 32.4 Å². The van der Waals surface area contributed by atoms with Crippen LogP contribution in [0.1, 0.15) is 102 Å². The van der Waals surface area contributed by atoms with E-state index in [2.05, 4.69) is 105 Å². The van der Waals surface area contributed by atoms with Gasteiger partial charge in [0.05, 0.1) is 30.0 Å². The van der Waals surface area contributed by atoms with Gasteiger partial charge in [-0.2, -0.15) is 0 Å². The smallest absolute Gasteiger partial charge is 0.0711 e. The van der Waals surface area contributed by atoms with Gasteiger partial charge in [-0.15, -0.1) is 46.2 Å². The van der Waals surface area contributed by atoms with Crippen LogP contribution in [0.25, 0.3) is 15.3 Å². The Morgan fingerprint density at radius 2 is 1.03 bits per heavy atom. The van der Waals surface area contributed by atoms with Crippen LogP contribution in [0.3, 0.4) is 0 Å². The number of fused-ring (bicyclic) bond motifs is 3. The lowest BCUT2D eigenvalue weighted by Gasteiger charge is -2.05. The van der Waals surface area contributed by atoms with Crippen molar-refractivity contribution in [2.75, 3.05) is 11.5 Å². The number of hydrogen-bond acceptors (Lipinski definition) is 6. The summed E-state index contributed by atoms with van der Waals surface area (Å²) >= 11 is 19.6. The zero-order chi connectivity index (χ0) is 25.3. The number of halogens is 2. The van der Waals surface area contributed by atoms with Crippen molar-refractivity contribution >= 4 is 107 Å². The molecule has 0 radical (unpaired) electrons. The Labute approximate surface area is 260 Å². The fourth-order valence-corrected chi connectivity index (χ4v) is 13.9. The minimum absolute atomic E-state index is 1.23. The van der Waals surface area contributed by atoms with Crippen LogP contribution in [0.2, 0.25) is 0 Å². The number of rotatable bonds is 16. The summed E-state index contributed by atoms with van der Waals surface area (Å²) in [5, 5.41) is 0. The SMILES string of the molecule is CCCCCCCCSC1=C(SCCCCCCCC)SC(=C2c3cc(Br)sc3-c3sc(Br)cc32)S1. The number of hydrogen-bond donors (Lipinski definition) is 0. The van der Waals surface area contributed by atoms with Crippen molar-refractivity contribution in [3.05, 3.63) is 43.5 Å². The van der Waals surface area contributed by atoms with Crippen molar-refractivity contribution in [2.24, 2.45) is 0 Å². The lowest BCUT2D eigenvalue weighted by molar-refractivity contribution is 0.627. The molecule has 0 N–H and O–H groups in total. The summed E-state index contributed by atoms with van der Waals surface area (Å²) in [4.78, 5) is 2.87. The van der Waals surface area contributed by atoms with Crippen molar-refractivity contribution in [3.8, 4) is 9.75 Å². The molecule has 0 bridgehead atoms. The second kappa shape index (κ2) is 15.9. The zero-order valence-corrected chi connectivity index (χ0v) is 29.3. The fourth-order valence-electron chi connectivity index (χ4n) is 4.44. The predicted octanol–water partition coefficient (Wildman–Crippen LogP) is 13.8. The lowest BCUT2D eigenvalue weighted by Crippen LogP contribution is -1.84. The van der Waals surface area contributed by atoms with E-state index in [1.165, 1.54) is 127 Å². The van der Waals surface area contributed by atoms with Crippen LogP contribution in [0, 0.1) is 0 Å². The highest BCUT2D eigenvalue weighted by Crippen LogP contribution is 2.64. The van der Waals surface area contributed by atoms with E-state index in [1.807, 2.05) is 22.7 Å². The van der Waals surface area contributed by atoms with E-state index in [-0.39, 0.29) is 0 Å². The second-order valence-electron chi connectivity index (χ2n) is 9.26. The first-order valence-corrected chi connectivity index (χ1v) is 20.1. The highest BCUT2D eigenvalue weighted by Gasteiger charge is 2.34. The molecule has 36 heavy (non-hydrogen) atoms. The topological polar surface area (TPSA) is 0 Å². The van der Waals surface area contributed by atoms with Gasteiger partial charge in [0, 0.05) is 16.7 Å². The molecule has 0 fully saturated rings. The van der Waals surface area contributed by atoms with Crippen molar-refractivity contribution in [3.63, 3.8) is 0 Å². The molecule has 0 spiro atoms. The molecule has 0 atom stereocenters. The molecule has 8 heteroatoms. The van der Waals surface area contributed by atoms with Gasteiger partial charge in [-0.25, -0.2) is 0 Å². The summed E-state index contributed by atoms with van der Waals surface area (Å²) in [6.07, 6.45) is 16.5. The van der Waals surface area contributed by atoms with Crippen LogP contribution in [0.4, 0.5) is 0 Å². The third-order valence-electron chi connectivity index (χ3n) is 6.35. The maximum absolute atomic E-state index is 3.76. The standard InChI is InChI=1S/C28H36Br2S6/c1-3-5-7-9-11-13-15-31-27-28(32-16-14-12-10-8-6-4-2)36-26(35-27)23-19-17-21(29)33-24(19)25-20(23)18-22(30)34-25/h17-18H,3-16H2,1-2H3. The van der Waals surface area contributed by atoms with Gasteiger partial charge >= 0.3 is 0 Å². The summed E-state index contributed by atoms with van der Waals surface area (Å²) in [7, 11) is 0. The molecule has 198 valence electrons. The monoisotopic (exact) mass is 722 g/mol. The number of thiophene rings is 2. The lowest BCUT2D eigenvalue weighted by atomic mass is 10.1. The second-order valence-corrected chi connectivity index (χ2v) is 19.2. The minimum Gasteiger partial charge on any atom is -0.127 e. The van der Waals surface area contributed by atoms with Crippen molar-refractivity contribution in [1.82, 2.24) is 0 Å². The molecule has 2 aliphatic rings. The Hall–Kier alpha value is 1.24. The Morgan fingerprint density at radius 3 is 1.47 bits per heavy atom. The Balaban J connectivity index is 1.43. The molecule has 4 rings (SSSR count). The van der Waals surface area contributed by atoms with E-state index in [4.69, 9.17) is 0 Å². The van der Waals surface area contributed by atoms with E-state index >= 15 is 0 Å². The number of unbranched alkanes of at least 4 members (excludes halogenated alkanes) is 10. The number of thioether (sulfide) groups is 4. The Morgan fingerprint density at radius 1 is 0.611 bits per heavy atom.